The number of benzene rings is 2. The van der Waals surface area contributed by atoms with Crippen LogP contribution in [0.2, 0.25) is 0 Å². The molecule has 6 N–H and O–H groups in total. The maximum Gasteiger partial charge on any atom is 0.223 e. The van der Waals surface area contributed by atoms with Gasteiger partial charge in [-0.05, 0) is 30.2 Å². The Balaban J connectivity index is 2.25. The molecule has 0 saturated heterocycles. The number of nitrogens with zero attached hydrogens (tertiary/aromatic N) is 2. The lowest BCUT2D eigenvalue weighted by Gasteiger charge is -2.03. The number of hydrogen-bond acceptors (Lipinski definition) is 1. The topological polar surface area (TPSA) is 103 Å². The fourth-order valence-electron chi connectivity index (χ4n) is 1.84. The van der Waals surface area contributed by atoms with Gasteiger partial charge in [0.05, 0.1) is 5.69 Å². The Morgan fingerprint density at radius 2 is 1.60 bits per heavy atom. The van der Waals surface area contributed by atoms with E-state index >= 15 is 0 Å². The molecule has 0 aliphatic heterocycles. The van der Waals surface area contributed by atoms with Crippen molar-refractivity contribution in [2.24, 2.45) is 27.2 Å². The predicted molar refractivity (Wildman–Crippen MR) is 83.7 cm³/mol. The van der Waals surface area contributed by atoms with Gasteiger partial charge in [-0.25, -0.2) is 4.99 Å². The van der Waals surface area contributed by atoms with Crippen LogP contribution in [0.5, 0.6) is 0 Å². The second kappa shape index (κ2) is 5.88. The summed E-state index contributed by atoms with van der Waals surface area (Å²) in [6, 6.07) is 16.0. The third kappa shape index (κ3) is 3.58. The van der Waals surface area contributed by atoms with Crippen molar-refractivity contribution in [2.75, 3.05) is 0 Å². The second-order valence-corrected chi connectivity index (χ2v) is 4.42. The molecular weight excluding hydrogens is 250 g/mol. The Morgan fingerprint density at radius 3 is 2.20 bits per heavy atom. The van der Waals surface area contributed by atoms with Gasteiger partial charge in [0.15, 0.2) is 5.96 Å². The van der Waals surface area contributed by atoms with Crippen molar-refractivity contribution >= 4 is 17.6 Å². The highest BCUT2D eigenvalue weighted by molar-refractivity contribution is 5.93. The molecule has 2 rings (SSSR count). The zero-order chi connectivity index (χ0) is 14.5. The van der Waals surface area contributed by atoms with Crippen molar-refractivity contribution in [3.63, 3.8) is 0 Å². The van der Waals surface area contributed by atoms with E-state index in [0.717, 1.165) is 11.1 Å². The second-order valence-electron chi connectivity index (χ2n) is 4.42. The molecule has 0 heterocycles. The summed E-state index contributed by atoms with van der Waals surface area (Å²) in [5.41, 5.74) is 20.2. The zero-order valence-corrected chi connectivity index (χ0v) is 11.2. The van der Waals surface area contributed by atoms with Gasteiger partial charge in [0.2, 0.25) is 5.96 Å². The first-order valence-corrected chi connectivity index (χ1v) is 6.15. The predicted octanol–water partition coefficient (Wildman–Crippen LogP) is 1.88. The number of nitrogens with two attached hydrogens (primary N) is 3. The number of guanidine groups is 2. The fraction of sp³-hybridized carbons (Fsp3) is 0.0667. The van der Waals surface area contributed by atoms with Gasteiger partial charge >= 0.3 is 0 Å². The lowest BCUT2D eigenvalue weighted by atomic mass is 10.0. The Bertz CT molecular complexity index is 652. The third-order valence-electron chi connectivity index (χ3n) is 2.71. The largest absolute Gasteiger partial charge is 0.370 e. The molecule has 5 nitrogen and oxygen atoms in total. The third-order valence-corrected chi connectivity index (χ3v) is 2.71. The standard InChI is InChI=1S/C15H17N5/c1-10-3-2-4-12(9-10)11-5-7-13(8-6-11)19-15(18)20-14(16)17/h2-9H,1H3,(H6,16,17,18,19,20). The SMILES string of the molecule is Cc1cccc(-c2ccc(N=C(N)N=C(N)N)cc2)c1. The van der Waals surface area contributed by atoms with Crippen molar-refractivity contribution in [3.05, 3.63) is 54.1 Å². The smallest absolute Gasteiger partial charge is 0.223 e. The van der Waals surface area contributed by atoms with Crippen LogP contribution in [0.1, 0.15) is 5.56 Å². The fourth-order valence-corrected chi connectivity index (χ4v) is 1.84. The first kappa shape index (κ1) is 13.6. The van der Waals surface area contributed by atoms with Crippen LogP contribution in [0.15, 0.2) is 58.5 Å². The van der Waals surface area contributed by atoms with E-state index < -0.39 is 0 Å². The number of aliphatic imine (C=N–C) groups is 2. The Morgan fingerprint density at radius 1 is 0.900 bits per heavy atom. The molecule has 0 amide bonds. The van der Waals surface area contributed by atoms with Gasteiger partial charge in [-0.2, -0.15) is 4.99 Å². The molecule has 2 aromatic carbocycles. The molecule has 2 aromatic rings. The molecule has 5 heteroatoms. The maximum absolute atomic E-state index is 5.58. The Kier molecular flexibility index (Phi) is 4.00. The maximum atomic E-state index is 5.58. The summed E-state index contributed by atoms with van der Waals surface area (Å²) in [6.45, 7) is 2.07. The first-order valence-electron chi connectivity index (χ1n) is 6.15. The Hall–Kier alpha value is -2.82. The molecule has 0 aliphatic rings. The van der Waals surface area contributed by atoms with E-state index in [2.05, 4.69) is 35.1 Å². The van der Waals surface area contributed by atoms with E-state index in [4.69, 9.17) is 17.2 Å². The molecule has 0 aromatic heterocycles. The van der Waals surface area contributed by atoms with Crippen LogP contribution >= 0.6 is 0 Å². The zero-order valence-electron chi connectivity index (χ0n) is 11.2. The Labute approximate surface area is 117 Å². The summed E-state index contributed by atoms with van der Waals surface area (Å²) >= 11 is 0. The molecule has 0 spiro atoms. The molecule has 102 valence electrons. The van der Waals surface area contributed by atoms with Crippen molar-refractivity contribution in [1.29, 1.82) is 0 Å². The van der Waals surface area contributed by atoms with Crippen LogP contribution in [0.25, 0.3) is 11.1 Å². The molecule has 0 bridgehead atoms. The monoisotopic (exact) mass is 267 g/mol. The minimum atomic E-state index is -0.109. The molecule has 0 unspecified atom stereocenters. The summed E-state index contributed by atoms with van der Waals surface area (Å²) < 4.78 is 0. The van der Waals surface area contributed by atoms with E-state index in [1.54, 1.807) is 0 Å². The van der Waals surface area contributed by atoms with Gasteiger partial charge in [-0.3, -0.25) is 0 Å². The van der Waals surface area contributed by atoms with E-state index in [9.17, 15) is 0 Å². The van der Waals surface area contributed by atoms with Crippen LogP contribution in [0.4, 0.5) is 5.69 Å². The number of rotatable bonds is 2. The molecule has 0 radical (unpaired) electrons. The average Bonchev–Trinajstić information content (AvgIpc) is 2.38. The van der Waals surface area contributed by atoms with Gasteiger partial charge in [0.25, 0.3) is 0 Å². The summed E-state index contributed by atoms with van der Waals surface area (Å²) in [7, 11) is 0. The minimum Gasteiger partial charge on any atom is -0.370 e. The van der Waals surface area contributed by atoms with Crippen LogP contribution in [-0.4, -0.2) is 11.9 Å². The summed E-state index contributed by atoms with van der Waals surface area (Å²) in [5, 5.41) is 0. The van der Waals surface area contributed by atoms with Crippen LogP contribution in [0, 0.1) is 6.92 Å². The summed E-state index contributed by atoms with van der Waals surface area (Å²) in [5.74, 6) is -0.0732. The number of hydrogen-bond donors (Lipinski definition) is 3. The number of aryl methyl sites for hydroxylation is 1. The lowest BCUT2D eigenvalue weighted by Crippen LogP contribution is -2.26. The molecule has 0 saturated carbocycles. The normalized spacial score (nSPS) is 11.2. The van der Waals surface area contributed by atoms with E-state index in [1.807, 2.05) is 30.3 Å². The van der Waals surface area contributed by atoms with Crippen LogP contribution in [0.3, 0.4) is 0 Å². The molecule has 0 atom stereocenters. The van der Waals surface area contributed by atoms with Gasteiger partial charge in [0, 0.05) is 0 Å². The van der Waals surface area contributed by atoms with E-state index in [-0.39, 0.29) is 11.9 Å². The highest BCUT2D eigenvalue weighted by atomic mass is 15.1. The van der Waals surface area contributed by atoms with Crippen LogP contribution in [-0.2, 0) is 0 Å². The van der Waals surface area contributed by atoms with Gasteiger partial charge in [0.1, 0.15) is 0 Å². The van der Waals surface area contributed by atoms with Gasteiger partial charge in [-0.15, -0.1) is 0 Å². The summed E-state index contributed by atoms with van der Waals surface area (Å²) in [4.78, 5) is 7.76. The first-order chi connectivity index (χ1) is 9.54. The summed E-state index contributed by atoms with van der Waals surface area (Å²) in [6.07, 6.45) is 0. The van der Waals surface area contributed by atoms with Gasteiger partial charge < -0.3 is 17.2 Å². The highest BCUT2D eigenvalue weighted by Gasteiger charge is 1.98. The highest BCUT2D eigenvalue weighted by Crippen LogP contribution is 2.23. The quantitative estimate of drug-likeness (QED) is 0.571. The minimum absolute atomic E-state index is 0.0355. The van der Waals surface area contributed by atoms with E-state index in [0.29, 0.717) is 5.69 Å². The van der Waals surface area contributed by atoms with Crippen molar-refractivity contribution in [1.82, 2.24) is 0 Å². The average molecular weight is 267 g/mol. The lowest BCUT2D eigenvalue weighted by molar-refractivity contribution is 1.38. The molecular formula is C15H17N5. The van der Waals surface area contributed by atoms with Crippen molar-refractivity contribution in [2.45, 2.75) is 6.92 Å². The molecule has 0 fully saturated rings. The van der Waals surface area contributed by atoms with Gasteiger partial charge in [-0.1, -0.05) is 42.0 Å². The van der Waals surface area contributed by atoms with Crippen molar-refractivity contribution < 1.29 is 0 Å². The molecule has 0 aliphatic carbocycles. The molecule has 20 heavy (non-hydrogen) atoms. The van der Waals surface area contributed by atoms with Crippen LogP contribution < -0.4 is 17.2 Å². The van der Waals surface area contributed by atoms with E-state index in [1.165, 1.54) is 5.56 Å². The van der Waals surface area contributed by atoms with Crippen molar-refractivity contribution in [3.8, 4) is 11.1 Å².